The van der Waals surface area contributed by atoms with Gasteiger partial charge in [0.15, 0.2) is 0 Å². The Hall–Kier alpha value is -0.0100. The third-order valence-electron chi connectivity index (χ3n) is 7.52. The zero-order valence-electron chi connectivity index (χ0n) is 18.7. The number of ether oxygens (including phenoxy) is 1. The molecule has 0 spiro atoms. The minimum atomic E-state index is -0.537. The molecule has 29 heavy (non-hydrogen) atoms. The lowest BCUT2D eigenvalue weighted by Gasteiger charge is -2.46. The largest absolute Gasteiger partial charge is 0.389 e. The second-order valence-electron chi connectivity index (χ2n) is 9.78. The van der Waals surface area contributed by atoms with Crippen LogP contribution < -0.4 is 5.32 Å². The number of nitrogens with zero attached hydrogens (tertiary/aromatic N) is 1. The molecular weight excluding hydrogens is 408 g/mol. The number of aliphatic hydroxyl groups is 1. The summed E-state index contributed by atoms with van der Waals surface area (Å²) in [4.78, 5) is 15.4. The first-order valence-electron chi connectivity index (χ1n) is 11.2. The van der Waals surface area contributed by atoms with E-state index >= 15 is 0 Å². The van der Waals surface area contributed by atoms with Gasteiger partial charge in [0.25, 0.3) is 0 Å². The molecule has 2 N–H and O–H groups in total. The predicted octanol–water partition coefficient (Wildman–Crippen LogP) is 3.19. The fraction of sp³-hybridized carbons (Fsp3) is 0.955. The van der Waals surface area contributed by atoms with Gasteiger partial charge in [0.2, 0.25) is 5.91 Å². The number of thioether (sulfide) groups is 1. The zero-order chi connectivity index (χ0) is 21.5. The first kappa shape index (κ1) is 23.6. The molecule has 3 aliphatic rings. The fourth-order valence-electron chi connectivity index (χ4n) is 6.06. The van der Waals surface area contributed by atoms with E-state index in [-0.39, 0.29) is 52.7 Å². The van der Waals surface area contributed by atoms with E-state index in [4.69, 9.17) is 16.3 Å². The van der Waals surface area contributed by atoms with Crippen molar-refractivity contribution in [2.45, 2.75) is 82.1 Å². The van der Waals surface area contributed by atoms with Gasteiger partial charge in [-0.15, -0.1) is 23.4 Å². The van der Waals surface area contributed by atoms with Crippen molar-refractivity contribution in [1.82, 2.24) is 10.2 Å². The Morgan fingerprint density at radius 2 is 2.10 bits per heavy atom. The van der Waals surface area contributed by atoms with Crippen molar-refractivity contribution < 1.29 is 14.6 Å². The molecule has 10 atom stereocenters. The van der Waals surface area contributed by atoms with Crippen LogP contribution in [0.5, 0.6) is 0 Å². The first-order chi connectivity index (χ1) is 13.7. The Morgan fingerprint density at radius 3 is 2.69 bits per heavy atom. The van der Waals surface area contributed by atoms with Crippen LogP contribution in [0, 0.1) is 29.6 Å². The molecule has 7 heteroatoms. The van der Waals surface area contributed by atoms with Gasteiger partial charge < -0.3 is 15.2 Å². The Bertz CT molecular complexity index is 580. The summed E-state index contributed by atoms with van der Waals surface area (Å²) in [5, 5.41) is 14.1. The molecular formula is C22H39ClN2O3S. The molecule has 10 unspecified atom stereocenters. The number of carbonyl (C=O) groups excluding carboxylic acids is 1. The highest BCUT2D eigenvalue weighted by Crippen LogP contribution is 2.50. The number of halogens is 1. The molecule has 0 radical (unpaired) electrons. The Kier molecular flexibility index (Phi) is 7.86. The summed E-state index contributed by atoms with van der Waals surface area (Å²) in [6.07, 6.45) is 4.55. The van der Waals surface area contributed by atoms with Gasteiger partial charge in [0.05, 0.1) is 24.3 Å². The molecule has 0 aromatic heterocycles. The average molecular weight is 447 g/mol. The maximum atomic E-state index is 13.2. The number of alkyl halides is 1. The van der Waals surface area contributed by atoms with Gasteiger partial charge in [-0.25, -0.2) is 0 Å². The normalized spacial score (nSPS) is 45.6. The van der Waals surface area contributed by atoms with Crippen molar-refractivity contribution in [1.29, 1.82) is 0 Å². The third kappa shape index (κ3) is 4.48. The quantitative estimate of drug-likeness (QED) is 0.613. The molecule has 0 aromatic carbocycles. The number of carbonyl (C=O) groups is 1. The Morgan fingerprint density at radius 1 is 1.41 bits per heavy atom. The van der Waals surface area contributed by atoms with Crippen molar-refractivity contribution in [3.8, 4) is 0 Å². The summed E-state index contributed by atoms with van der Waals surface area (Å²) in [6.45, 7) is 9.60. The van der Waals surface area contributed by atoms with E-state index in [2.05, 4.69) is 45.0 Å². The Balaban J connectivity index is 1.76. The minimum Gasteiger partial charge on any atom is -0.389 e. The number of fused-ring (bicyclic) bond motifs is 1. The van der Waals surface area contributed by atoms with E-state index in [0.717, 1.165) is 19.4 Å². The molecule has 1 saturated carbocycles. The van der Waals surface area contributed by atoms with Gasteiger partial charge in [-0.2, -0.15) is 0 Å². The van der Waals surface area contributed by atoms with Gasteiger partial charge in [0.1, 0.15) is 5.44 Å². The summed E-state index contributed by atoms with van der Waals surface area (Å²) in [7, 11) is 2.05. The van der Waals surface area contributed by atoms with E-state index < -0.39 is 6.10 Å². The molecule has 0 bridgehead atoms. The molecule has 5 nitrogen and oxygen atoms in total. The summed E-state index contributed by atoms with van der Waals surface area (Å²) < 4.78 is 6.36. The van der Waals surface area contributed by atoms with Crippen LogP contribution in [0.1, 0.15) is 47.0 Å². The van der Waals surface area contributed by atoms with Crippen molar-refractivity contribution in [3.63, 3.8) is 0 Å². The lowest BCUT2D eigenvalue weighted by molar-refractivity contribution is -0.150. The zero-order valence-corrected chi connectivity index (χ0v) is 20.2. The first-order valence-corrected chi connectivity index (χ1v) is 12.9. The summed E-state index contributed by atoms with van der Waals surface area (Å²) in [5.41, 5.74) is -0.277. The second-order valence-corrected chi connectivity index (χ2v) is 11.2. The maximum absolute atomic E-state index is 13.2. The highest BCUT2D eigenvalue weighted by atomic mass is 35.5. The lowest BCUT2D eigenvalue weighted by Crippen LogP contribution is -2.57. The molecule has 2 aliphatic heterocycles. The van der Waals surface area contributed by atoms with Crippen LogP contribution in [0.3, 0.4) is 0 Å². The highest BCUT2D eigenvalue weighted by Gasteiger charge is 2.58. The second kappa shape index (κ2) is 9.64. The topological polar surface area (TPSA) is 61.8 Å². The maximum Gasteiger partial charge on any atom is 0.237 e. The van der Waals surface area contributed by atoms with Crippen molar-refractivity contribution in [2.75, 3.05) is 19.8 Å². The molecule has 3 rings (SSSR count). The number of hydrogen-bond acceptors (Lipinski definition) is 5. The summed E-state index contributed by atoms with van der Waals surface area (Å²) in [5.74, 6) is 1.22. The van der Waals surface area contributed by atoms with Crippen LogP contribution in [0.25, 0.3) is 0 Å². The monoisotopic (exact) mass is 446 g/mol. The number of aliphatic hydroxyl groups excluding tert-OH is 1. The number of nitrogens with one attached hydrogen (secondary N) is 1. The highest BCUT2D eigenvalue weighted by molar-refractivity contribution is 7.99. The van der Waals surface area contributed by atoms with E-state index in [1.54, 1.807) is 11.8 Å². The van der Waals surface area contributed by atoms with Gasteiger partial charge in [-0.3, -0.25) is 9.69 Å². The van der Waals surface area contributed by atoms with Crippen molar-refractivity contribution in [2.24, 2.45) is 29.6 Å². The standard InChI is InChI=1S/C22H39ClN2O3S/c1-7-8-13-9-14(25(5)10-13)21(27)24-18-12(4)17(23)16-15(11(2)3)19(26)22(29-6)28-20(16)18/h11-20,22,26H,7-10H2,1-6H3,(H,24,27). The molecule has 2 heterocycles. The van der Waals surface area contributed by atoms with Crippen LogP contribution in [-0.4, -0.2) is 70.9 Å². The van der Waals surface area contributed by atoms with E-state index in [1.807, 2.05) is 6.26 Å². The smallest absolute Gasteiger partial charge is 0.237 e. The van der Waals surface area contributed by atoms with Crippen molar-refractivity contribution >= 4 is 29.3 Å². The van der Waals surface area contributed by atoms with Crippen LogP contribution in [0.2, 0.25) is 0 Å². The fourth-order valence-corrected chi connectivity index (χ4v) is 7.22. The van der Waals surface area contributed by atoms with Crippen LogP contribution in [0.15, 0.2) is 0 Å². The van der Waals surface area contributed by atoms with E-state index in [9.17, 15) is 9.90 Å². The van der Waals surface area contributed by atoms with Gasteiger partial charge >= 0.3 is 0 Å². The van der Waals surface area contributed by atoms with Gasteiger partial charge in [0, 0.05) is 17.8 Å². The number of hydrogen-bond donors (Lipinski definition) is 2. The van der Waals surface area contributed by atoms with Crippen LogP contribution >= 0.6 is 23.4 Å². The van der Waals surface area contributed by atoms with E-state index in [0.29, 0.717) is 11.8 Å². The molecule has 0 aromatic rings. The SMILES string of the molecule is CCCC1CC(C(=O)NC2C(C)C(Cl)C3C2OC(SC)C(O)C3C(C)C)N(C)C1. The van der Waals surface area contributed by atoms with Crippen molar-refractivity contribution in [3.05, 3.63) is 0 Å². The molecule has 1 amide bonds. The van der Waals surface area contributed by atoms with Crippen LogP contribution in [0.4, 0.5) is 0 Å². The molecule has 2 saturated heterocycles. The molecule has 1 aliphatic carbocycles. The van der Waals surface area contributed by atoms with Crippen LogP contribution in [-0.2, 0) is 9.53 Å². The summed E-state index contributed by atoms with van der Waals surface area (Å²) in [6, 6.07) is -0.185. The number of likely N-dealkylation sites (N-methyl/N-ethyl adjacent to an activating group) is 1. The van der Waals surface area contributed by atoms with Gasteiger partial charge in [-0.05, 0) is 49.8 Å². The number of likely N-dealkylation sites (tertiary alicyclic amines) is 1. The molecule has 168 valence electrons. The molecule has 3 fully saturated rings. The average Bonchev–Trinajstić information content (AvgIpc) is 3.14. The predicted molar refractivity (Wildman–Crippen MR) is 120 cm³/mol. The van der Waals surface area contributed by atoms with Gasteiger partial charge in [-0.1, -0.05) is 34.1 Å². The minimum absolute atomic E-state index is 0.0458. The van der Waals surface area contributed by atoms with E-state index in [1.165, 1.54) is 6.42 Å². The number of rotatable bonds is 6. The summed E-state index contributed by atoms with van der Waals surface area (Å²) >= 11 is 8.45. The number of amides is 1. The third-order valence-corrected chi connectivity index (χ3v) is 9.07. The lowest BCUT2D eigenvalue weighted by atomic mass is 9.75. The Labute approximate surface area is 185 Å².